The Morgan fingerprint density at radius 1 is 1.32 bits per heavy atom. The summed E-state index contributed by atoms with van der Waals surface area (Å²) in [5.74, 6) is 1.03. The first-order chi connectivity index (χ1) is 13.4. The minimum atomic E-state index is 0.00794. The topological polar surface area (TPSA) is 75.4 Å². The van der Waals surface area contributed by atoms with Crippen molar-refractivity contribution in [3.8, 4) is 0 Å². The van der Waals surface area contributed by atoms with Gasteiger partial charge in [-0.1, -0.05) is 18.5 Å². The van der Waals surface area contributed by atoms with Gasteiger partial charge in [0, 0.05) is 61.7 Å². The van der Waals surface area contributed by atoms with E-state index < -0.39 is 0 Å². The van der Waals surface area contributed by atoms with Crippen LogP contribution in [0.1, 0.15) is 43.3 Å². The fourth-order valence-electron chi connectivity index (χ4n) is 3.70. The minimum absolute atomic E-state index is 0.00794. The molecule has 0 aromatic carbocycles. The van der Waals surface area contributed by atoms with E-state index in [9.17, 15) is 4.79 Å². The van der Waals surface area contributed by atoms with E-state index in [2.05, 4.69) is 27.1 Å². The molecule has 1 saturated heterocycles. The Morgan fingerprint density at radius 2 is 2.14 bits per heavy atom. The van der Waals surface area contributed by atoms with Gasteiger partial charge < -0.3 is 10.2 Å². The monoisotopic (exact) mass is 398 g/mol. The maximum atomic E-state index is 11.4. The molecule has 4 heterocycles. The molecular formula is C20H23ClN6O. The van der Waals surface area contributed by atoms with Gasteiger partial charge >= 0.3 is 0 Å². The molecule has 7 nitrogen and oxygen atoms in total. The zero-order chi connectivity index (χ0) is 19.8. The summed E-state index contributed by atoms with van der Waals surface area (Å²) in [5.41, 5.74) is 3.58. The number of rotatable bonds is 4. The number of anilines is 1. The second-order valence-corrected chi connectivity index (χ2v) is 7.79. The van der Waals surface area contributed by atoms with Crippen LogP contribution in [0.25, 0.3) is 5.65 Å². The van der Waals surface area contributed by atoms with E-state index in [1.807, 2.05) is 35.7 Å². The molecule has 146 valence electrons. The number of carbonyl (C=O) groups is 1. The van der Waals surface area contributed by atoms with E-state index in [4.69, 9.17) is 16.7 Å². The smallest absolute Gasteiger partial charge is 0.217 e. The Hall–Kier alpha value is -2.67. The van der Waals surface area contributed by atoms with Crippen LogP contribution in [0.3, 0.4) is 0 Å². The third kappa shape index (κ3) is 3.67. The number of aryl methyl sites for hydroxylation is 1. The third-order valence-electron chi connectivity index (χ3n) is 5.11. The van der Waals surface area contributed by atoms with Crippen molar-refractivity contribution in [1.29, 1.82) is 0 Å². The molecule has 1 unspecified atom stereocenters. The van der Waals surface area contributed by atoms with Crippen LogP contribution in [0.15, 0.2) is 30.5 Å². The Kier molecular flexibility index (Phi) is 4.93. The van der Waals surface area contributed by atoms with Crippen LogP contribution in [0, 0.1) is 6.92 Å². The molecule has 1 N–H and O–H groups in total. The van der Waals surface area contributed by atoms with Crippen molar-refractivity contribution in [1.82, 2.24) is 24.9 Å². The van der Waals surface area contributed by atoms with E-state index in [0.29, 0.717) is 5.02 Å². The molecule has 3 aromatic rings. The zero-order valence-corrected chi connectivity index (χ0v) is 16.9. The molecule has 3 aromatic heterocycles. The van der Waals surface area contributed by atoms with E-state index in [1.165, 1.54) is 0 Å². The number of pyridine rings is 1. The summed E-state index contributed by atoms with van der Waals surface area (Å²) in [6.07, 6.45) is 2.57. The molecule has 0 radical (unpaired) electrons. The lowest BCUT2D eigenvalue weighted by atomic mass is 10.0. The second-order valence-electron chi connectivity index (χ2n) is 7.35. The van der Waals surface area contributed by atoms with E-state index in [-0.39, 0.29) is 17.9 Å². The van der Waals surface area contributed by atoms with Gasteiger partial charge in [0.25, 0.3) is 0 Å². The Bertz CT molecular complexity index is 1020. The number of carbonyl (C=O) groups excluding carboxylic acids is 1. The largest absolute Gasteiger partial charge is 0.354 e. The highest BCUT2D eigenvalue weighted by Gasteiger charge is 2.26. The van der Waals surface area contributed by atoms with Gasteiger partial charge in [-0.15, -0.1) is 0 Å². The predicted octanol–water partition coefficient (Wildman–Crippen LogP) is 2.95. The van der Waals surface area contributed by atoms with Gasteiger partial charge in [0.2, 0.25) is 5.91 Å². The summed E-state index contributed by atoms with van der Waals surface area (Å²) in [6.45, 7) is 7.26. The van der Waals surface area contributed by atoms with Gasteiger partial charge in [0.05, 0.1) is 10.7 Å². The number of halogens is 1. The number of hydrogen-bond acceptors (Lipinski definition) is 5. The lowest BCUT2D eigenvalue weighted by Crippen LogP contribution is -2.36. The van der Waals surface area contributed by atoms with Gasteiger partial charge in [-0.25, -0.2) is 4.98 Å². The summed E-state index contributed by atoms with van der Waals surface area (Å²) in [5, 5.41) is 8.46. The molecule has 28 heavy (non-hydrogen) atoms. The van der Waals surface area contributed by atoms with Gasteiger partial charge in [0.1, 0.15) is 5.82 Å². The molecule has 0 aliphatic carbocycles. The molecule has 2 atom stereocenters. The van der Waals surface area contributed by atoms with Crippen molar-refractivity contribution in [3.05, 3.63) is 52.6 Å². The summed E-state index contributed by atoms with van der Waals surface area (Å²) in [7, 11) is 0. The summed E-state index contributed by atoms with van der Waals surface area (Å²) >= 11 is 5.96. The van der Waals surface area contributed by atoms with Gasteiger partial charge in [-0.3, -0.25) is 9.78 Å². The van der Waals surface area contributed by atoms with Crippen LogP contribution in [0.4, 0.5) is 5.82 Å². The van der Waals surface area contributed by atoms with Gasteiger partial charge in [-0.05, 0) is 25.5 Å². The summed E-state index contributed by atoms with van der Waals surface area (Å²) in [6, 6.07) is 7.99. The van der Waals surface area contributed by atoms with Gasteiger partial charge in [0.15, 0.2) is 5.65 Å². The molecule has 4 rings (SSSR count). The van der Waals surface area contributed by atoms with E-state index >= 15 is 0 Å². The van der Waals surface area contributed by atoms with Crippen molar-refractivity contribution in [2.24, 2.45) is 0 Å². The molecule has 0 saturated carbocycles. The molecule has 1 aliphatic rings. The molecular weight excluding hydrogens is 376 g/mol. The fraction of sp³-hybridized carbons (Fsp3) is 0.400. The summed E-state index contributed by atoms with van der Waals surface area (Å²) < 4.78 is 1.89. The molecule has 1 aliphatic heterocycles. The number of nitrogens with zero attached hydrogens (tertiary/aromatic N) is 5. The quantitative estimate of drug-likeness (QED) is 0.731. The predicted molar refractivity (Wildman–Crippen MR) is 109 cm³/mol. The van der Waals surface area contributed by atoms with E-state index in [0.717, 1.165) is 48.1 Å². The minimum Gasteiger partial charge on any atom is -0.354 e. The Morgan fingerprint density at radius 3 is 2.86 bits per heavy atom. The average molecular weight is 399 g/mol. The maximum absolute atomic E-state index is 11.4. The molecule has 8 heteroatoms. The first-order valence-corrected chi connectivity index (χ1v) is 9.79. The standard InChI is InChI=1S/C20H23ClN6O/c1-12-8-20(26-7-6-16(11-26)24-14(3)28)27-19(23-12)9-18(25-27)13(2)17-5-4-15(21)10-22-17/h4-5,8-10,13,16H,6-7,11H2,1-3H3,(H,24,28)/t13?,16-/m0/s1. The van der Waals surface area contributed by atoms with Crippen LogP contribution in [0.5, 0.6) is 0 Å². The second kappa shape index (κ2) is 7.39. The third-order valence-corrected chi connectivity index (χ3v) is 5.34. The fourth-order valence-corrected chi connectivity index (χ4v) is 3.82. The van der Waals surface area contributed by atoms with E-state index in [1.54, 1.807) is 13.1 Å². The highest BCUT2D eigenvalue weighted by molar-refractivity contribution is 6.30. The molecule has 0 spiro atoms. The highest BCUT2D eigenvalue weighted by atomic mass is 35.5. The Labute approximate surface area is 168 Å². The van der Waals surface area contributed by atoms with Crippen LogP contribution >= 0.6 is 11.6 Å². The lowest BCUT2D eigenvalue weighted by Gasteiger charge is -2.20. The number of hydrogen-bond donors (Lipinski definition) is 1. The van der Waals surface area contributed by atoms with Crippen molar-refractivity contribution >= 4 is 29.0 Å². The number of nitrogens with one attached hydrogen (secondary N) is 1. The summed E-state index contributed by atoms with van der Waals surface area (Å²) in [4.78, 5) is 22.7. The maximum Gasteiger partial charge on any atom is 0.217 e. The van der Waals surface area contributed by atoms with Gasteiger partial charge in [-0.2, -0.15) is 9.61 Å². The molecule has 1 fully saturated rings. The molecule has 0 bridgehead atoms. The zero-order valence-electron chi connectivity index (χ0n) is 16.2. The van der Waals surface area contributed by atoms with Crippen LogP contribution in [0.2, 0.25) is 5.02 Å². The normalized spacial score (nSPS) is 17.9. The Balaban J connectivity index is 1.67. The first kappa shape index (κ1) is 18.7. The number of fused-ring (bicyclic) bond motifs is 1. The van der Waals surface area contributed by atoms with Crippen molar-refractivity contribution < 1.29 is 4.79 Å². The lowest BCUT2D eigenvalue weighted by molar-refractivity contribution is -0.119. The van der Waals surface area contributed by atoms with Crippen LogP contribution in [-0.2, 0) is 4.79 Å². The first-order valence-electron chi connectivity index (χ1n) is 9.41. The van der Waals surface area contributed by atoms with Crippen LogP contribution < -0.4 is 10.2 Å². The van der Waals surface area contributed by atoms with Crippen molar-refractivity contribution in [2.45, 2.75) is 39.2 Å². The molecule has 1 amide bonds. The number of aromatic nitrogens is 4. The van der Waals surface area contributed by atoms with Crippen molar-refractivity contribution in [3.63, 3.8) is 0 Å². The SMILES string of the molecule is CC(=O)N[C@H]1CCN(c2cc(C)nc3cc(C(C)c4ccc(Cl)cn4)nn23)C1. The van der Waals surface area contributed by atoms with Crippen LogP contribution in [-0.4, -0.2) is 44.6 Å². The van der Waals surface area contributed by atoms with Crippen molar-refractivity contribution in [2.75, 3.05) is 18.0 Å². The highest BCUT2D eigenvalue weighted by Crippen LogP contribution is 2.27. The average Bonchev–Trinajstić information content (AvgIpc) is 3.27. The number of amides is 1.